The van der Waals surface area contributed by atoms with Crippen molar-refractivity contribution < 1.29 is 37.1 Å². The first-order chi connectivity index (χ1) is 25.9. The summed E-state index contributed by atoms with van der Waals surface area (Å²) in [6.45, 7) is 5.85. The van der Waals surface area contributed by atoms with Crippen molar-refractivity contribution in [2.45, 2.75) is 132 Å². The van der Waals surface area contributed by atoms with Crippen LogP contribution in [0.2, 0.25) is 0 Å². The Balaban J connectivity index is 1.12. The van der Waals surface area contributed by atoms with Crippen LogP contribution in [0.15, 0.2) is 36.9 Å². The minimum atomic E-state index is -3.88. The SMILES string of the molecule is C=C[C@@H]1C[C@]1(NC(=O)[C@@H]1C[C@@H]2CN1C(=O)[C@H](C1CCCC1)CC(=O)O[C@]1(C)C[C@H]1CCCCCc1nc3ccccc3nc1O2)C(=O)NS(=O)(=O)C1CC1. The lowest BCUT2D eigenvalue weighted by molar-refractivity contribution is -0.157. The predicted molar refractivity (Wildman–Crippen MR) is 198 cm³/mol. The van der Waals surface area contributed by atoms with Crippen molar-refractivity contribution in [3.63, 3.8) is 0 Å². The van der Waals surface area contributed by atoms with Crippen molar-refractivity contribution in [3.05, 3.63) is 42.6 Å². The molecule has 2 N–H and O–H groups in total. The smallest absolute Gasteiger partial charge is 0.307 e. The molecule has 3 amide bonds. The van der Waals surface area contributed by atoms with E-state index in [1.165, 1.54) is 11.0 Å². The molecule has 4 saturated carbocycles. The van der Waals surface area contributed by atoms with Crippen molar-refractivity contribution in [2.75, 3.05) is 6.54 Å². The summed E-state index contributed by atoms with van der Waals surface area (Å²) in [5.41, 5.74) is 0.0958. The number of nitrogens with zero attached hydrogens (tertiary/aromatic N) is 3. The Bertz CT molecular complexity index is 1960. The summed E-state index contributed by atoms with van der Waals surface area (Å²) in [5, 5.41) is 2.25. The molecule has 13 nitrogen and oxygen atoms in total. The Kier molecular flexibility index (Phi) is 9.71. The molecule has 2 aliphatic heterocycles. The molecule has 1 saturated heterocycles. The fraction of sp³-hybridized carbons (Fsp3) is 0.650. The van der Waals surface area contributed by atoms with Gasteiger partial charge in [0.15, 0.2) is 0 Å². The number of carbonyl (C=O) groups excluding carboxylic acids is 4. The van der Waals surface area contributed by atoms with E-state index < -0.39 is 68.2 Å². The predicted octanol–water partition coefficient (Wildman–Crippen LogP) is 4.28. The number of para-hydroxylation sites is 2. The number of nitrogens with one attached hydrogen (secondary N) is 2. The summed E-state index contributed by atoms with van der Waals surface area (Å²) in [7, 11) is -3.88. The zero-order valence-electron chi connectivity index (χ0n) is 31.0. The van der Waals surface area contributed by atoms with Crippen molar-refractivity contribution in [2.24, 2.45) is 23.7 Å². The number of aryl methyl sites for hydroxylation is 1. The molecule has 4 aliphatic carbocycles. The van der Waals surface area contributed by atoms with Crippen LogP contribution in [0.4, 0.5) is 0 Å². The summed E-state index contributed by atoms with van der Waals surface area (Å²) in [5.74, 6) is -2.68. The lowest BCUT2D eigenvalue weighted by atomic mass is 9.86. The number of aromatic nitrogens is 2. The number of hydrogen-bond acceptors (Lipinski definition) is 10. The quantitative estimate of drug-likeness (QED) is 0.306. The lowest BCUT2D eigenvalue weighted by Gasteiger charge is -2.31. The van der Waals surface area contributed by atoms with Gasteiger partial charge in [-0.15, -0.1) is 6.58 Å². The van der Waals surface area contributed by atoms with E-state index in [2.05, 4.69) is 16.6 Å². The summed E-state index contributed by atoms with van der Waals surface area (Å²) < 4.78 is 40.4. The number of esters is 1. The Morgan fingerprint density at radius 1 is 0.981 bits per heavy atom. The van der Waals surface area contributed by atoms with Gasteiger partial charge in [-0.2, -0.15) is 0 Å². The highest BCUT2D eigenvalue weighted by Gasteiger charge is 2.62. The summed E-state index contributed by atoms with van der Waals surface area (Å²) in [4.78, 5) is 67.7. The first kappa shape index (κ1) is 36.9. The number of carbonyl (C=O) groups is 4. The average Bonchev–Trinajstić information content (AvgIpc) is 4.09. The second kappa shape index (κ2) is 14.2. The van der Waals surface area contributed by atoms with Crippen LogP contribution in [0.3, 0.4) is 0 Å². The maximum Gasteiger partial charge on any atom is 0.307 e. The van der Waals surface area contributed by atoms with E-state index in [1.807, 2.05) is 31.2 Å². The van der Waals surface area contributed by atoms with Crippen molar-refractivity contribution in [1.29, 1.82) is 0 Å². The van der Waals surface area contributed by atoms with Gasteiger partial charge < -0.3 is 19.7 Å². The molecular weight excluding hydrogens is 711 g/mol. The molecule has 14 heteroatoms. The summed E-state index contributed by atoms with van der Waals surface area (Å²) >= 11 is 0. The van der Waals surface area contributed by atoms with Crippen LogP contribution in [-0.4, -0.2) is 82.1 Å². The normalized spacial score (nSPS) is 33.4. The summed E-state index contributed by atoms with van der Waals surface area (Å²) in [6, 6.07) is 6.54. The fourth-order valence-corrected chi connectivity index (χ4v) is 10.5. The van der Waals surface area contributed by atoms with Gasteiger partial charge in [0.1, 0.15) is 29.0 Å². The van der Waals surface area contributed by atoms with E-state index in [1.54, 1.807) is 0 Å². The fourth-order valence-electron chi connectivity index (χ4n) is 9.16. The highest BCUT2D eigenvalue weighted by Crippen LogP contribution is 2.50. The second-order valence-electron chi connectivity index (χ2n) is 16.8. The average molecular weight is 762 g/mol. The number of rotatable bonds is 7. The van der Waals surface area contributed by atoms with E-state index in [0.29, 0.717) is 36.4 Å². The minimum Gasteiger partial charge on any atom is -0.471 e. The number of fused-ring (bicyclic) bond motifs is 5. The molecular formula is C40H51N5O8S. The third-order valence-electron chi connectivity index (χ3n) is 12.8. The molecule has 1 aromatic heterocycles. The molecule has 6 aliphatic rings. The van der Waals surface area contributed by atoms with E-state index in [0.717, 1.165) is 63.3 Å². The van der Waals surface area contributed by atoms with Crippen LogP contribution < -0.4 is 14.8 Å². The molecule has 54 heavy (non-hydrogen) atoms. The molecule has 8 rings (SSSR count). The first-order valence-corrected chi connectivity index (χ1v) is 21.4. The largest absolute Gasteiger partial charge is 0.471 e. The molecule has 7 atom stereocenters. The topological polar surface area (TPSA) is 174 Å². The second-order valence-corrected chi connectivity index (χ2v) is 18.7. The van der Waals surface area contributed by atoms with E-state index >= 15 is 0 Å². The van der Waals surface area contributed by atoms with E-state index in [4.69, 9.17) is 19.4 Å². The maximum atomic E-state index is 14.8. The van der Waals surface area contributed by atoms with Gasteiger partial charge in [-0.3, -0.25) is 23.9 Å². The lowest BCUT2D eigenvalue weighted by Crippen LogP contribution is -2.57. The molecule has 2 aromatic rings. The van der Waals surface area contributed by atoms with Gasteiger partial charge in [-0.1, -0.05) is 43.9 Å². The first-order valence-electron chi connectivity index (χ1n) is 19.8. The highest BCUT2D eigenvalue weighted by molar-refractivity contribution is 7.91. The standard InChI is InChI=1S/C40H51N5O8S/c1-3-25-22-40(25,38(49)44-54(50,51)28-17-18-28)43-35(47)33-19-27-23-45(33)37(48)29(24-11-7-8-12-24)20-34(46)53-39(2)21-26(39)13-5-4-6-16-32-36(52-27)42-31-15-10-9-14-30(31)41-32/h3,9-10,14-15,24-29,33H,1,4-8,11-13,16-23H2,2H3,(H,43,47)(H,44,49)/t25-,26-,27-,29+,33+,39-,40-/m1/s1. The maximum absolute atomic E-state index is 14.8. The van der Waals surface area contributed by atoms with Crippen molar-refractivity contribution >= 4 is 44.7 Å². The van der Waals surface area contributed by atoms with Gasteiger partial charge in [-0.25, -0.2) is 18.4 Å². The van der Waals surface area contributed by atoms with Crippen molar-refractivity contribution in [1.82, 2.24) is 24.9 Å². The van der Waals surface area contributed by atoms with Gasteiger partial charge in [0.05, 0.1) is 35.2 Å². The Labute approximate surface area is 316 Å². The molecule has 0 spiro atoms. The third-order valence-corrected chi connectivity index (χ3v) is 14.6. The Hall–Kier alpha value is -4.07. The number of ether oxygens (including phenoxy) is 2. The number of hydrogen-bond donors (Lipinski definition) is 2. The molecule has 290 valence electrons. The van der Waals surface area contributed by atoms with Crippen LogP contribution in [0.5, 0.6) is 5.88 Å². The zero-order chi connectivity index (χ0) is 37.8. The van der Waals surface area contributed by atoms with Crippen LogP contribution in [0, 0.1) is 23.7 Å². The van der Waals surface area contributed by atoms with E-state index in [-0.39, 0.29) is 43.6 Å². The molecule has 5 fully saturated rings. The van der Waals surface area contributed by atoms with Crippen molar-refractivity contribution in [3.8, 4) is 5.88 Å². The van der Waals surface area contributed by atoms with Gasteiger partial charge in [0.2, 0.25) is 27.7 Å². The Morgan fingerprint density at radius 3 is 2.41 bits per heavy atom. The Morgan fingerprint density at radius 2 is 1.70 bits per heavy atom. The number of amides is 3. The van der Waals surface area contributed by atoms with Gasteiger partial charge in [0.25, 0.3) is 5.91 Å². The van der Waals surface area contributed by atoms with Crippen LogP contribution in [0.1, 0.15) is 103 Å². The van der Waals surface area contributed by atoms with Gasteiger partial charge in [-0.05, 0) is 82.8 Å². The summed E-state index contributed by atoms with van der Waals surface area (Å²) in [6.07, 6.45) is 10.8. The molecule has 3 heterocycles. The number of benzene rings is 1. The minimum absolute atomic E-state index is 0.0431. The molecule has 1 aromatic carbocycles. The third kappa shape index (κ3) is 7.34. The van der Waals surface area contributed by atoms with Crippen LogP contribution in [-0.2, 0) is 40.4 Å². The number of sulfonamides is 1. The van der Waals surface area contributed by atoms with Gasteiger partial charge >= 0.3 is 5.97 Å². The van der Waals surface area contributed by atoms with E-state index in [9.17, 15) is 27.6 Å². The molecule has 0 radical (unpaired) electrons. The zero-order valence-corrected chi connectivity index (χ0v) is 31.8. The van der Waals surface area contributed by atoms with Crippen LogP contribution in [0.25, 0.3) is 11.0 Å². The highest BCUT2D eigenvalue weighted by atomic mass is 32.2. The monoisotopic (exact) mass is 761 g/mol. The molecule has 2 bridgehead atoms. The van der Waals surface area contributed by atoms with Gasteiger partial charge in [0, 0.05) is 18.3 Å². The van der Waals surface area contributed by atoms with Crippen LogP contribution >= 0.6 is 0 Å². The molecule has 0 unspecified atom stereocenters.